The second kappa shape index (κ2) is 9.44. The fourth-order valence-electron chi connectivity index (χ4n) is 3.73. The minimum absolute atomic E-state index is 0.0829. The Morgan fingerprint density at radius 2 is 1.83 bits per heavy atom. The zero-order valence-corrected chi connectivity index (χ0v) is 20.7. The van der Waals surface area contributed by atoms with Crippen molar-refractivity contribution >= 4 is 49.5 Å². The number of anilines is 2. The summed E-state index contributed by atoms with van der Waals surface area (Å²) in [6.45, 7) is 0.0829. The third kappa shape index (κ3) is 4.79. The predicted molar refractivity (Wildman–Crippen MR) is 139 cm³/mol. The van der Waals surface area contributed by atoms with E-state index in [2.05, 4.69) is 19.9 Å². The van der Waals surface area contributed by atoms with Crippen LogP contribution in [-0.2, 0) is 16.4 Å². The Bertz CT molecular complexity index is 1690. The molecule has 0 atom stereocenters. The Labute approximate surface area is 211 Å². The van der Waals surface area contributed by atoms with E-state index in [4.69, 9.17) is 5.73 Å². The first-order valence-electron chi connectivity index (χ1n) is 10.8. The van der Waals surface area contributed by atoms with E-state index in [1.807, 2.05) is 30.3 Å². The number of thiazole rings is 1. The van der Waals surface area contributed by atoms with Crippen molar-refractivity contribution in [3.05, 3.63) is 89.8 Å². The molecule has 0 aliphatic carbocycles. The molecule has 5 aromatic rings. The van der Waals surface area contributed by atoms with Gasteiger partial charge in [0.15, 0.2) is 14.9 Å². The zero-order chi connectivity index (χ0) is 25.3. The molecule has 5 rings (SSSR count). The summed E-state index contributed by atoms with van der Waals surface area (Å²) < 4.78 is 25.1. The number of nitrogens with zero attached hydrogens (tertiary/aromatic N) is 5. The number of carbonyl (C=O) groups is 1. The number of nitrogens with two attached hydrogens (primary N) is 1. The van der Waals surface area contributed by atoms with Gasteiger partial charge in [-0.15, -0.1) is 11.3 Å². The molecule has 0 saturated carbocycles. The predicted octanol–water partition coefficient (Wildman–Crippen LogP) is 3.98. The van der Waals surface area contributed by atoms with Crippen LogP contribution in [-0.4, -0.2) is 40.5 Å². The van der Waals surface area contributed by atoms with Crippen LogP contribution in [0.4, 0.5) is 11.5 Å². The Kier molecular flexibility index (Phi) is 6.17. The SMILES string of the molecule is CS(=O)(=O)c1ncccc1N(Cc1ccc2ccc(N)nc2c1)C(=O)c1cnc(-c2cccnc2)s1. The molecule has 1 amide bonds. The van der Waals surface area contributed by atoms with Crippen molar-refractivity contribution in [1.29, 1.82) is 0 Å². The highest BCUT2D eigenvalue weighted by Crippen LogP contribution is 2.30. The molecular weight excluding hydrogens is 496 g/mol. The number of aromatic nitrogens is 4. The number of hydrogen-bond acceptors (Lipinski definition) is 9. The molecule has 4 heterocycles. The van der Waals surface area contributed by atoms with Gasteiger partial charge in [-0.25, -0.2) is 23.4 Å². The first-order chi connectivity index (χ1) is 17.3. The van der Waals surface area contributed by atoms with Gasteiger partial charge in [-0.3, -0.25) is 9.78 Å². The zero-order valence-electron chi connectivity index (χ0n) is 19.1. The lowest BCUT2D eigenvalue weighted by Crippen LogP contribution is -2.31. The van der Waals surface area contributed by atoms with Gasteiger partial charge < -0.3 is 10.6 Å². The number of carbonyl (C=O) groups excluding carboxylic acids is 1. The van der Waals surface area contributed by atoms with Gasteiger partial charge in [0, 0.05) is 35.8 Å². The number of rotatable bonds is 6. The minimum Gasteiger partial charge on any atom is -0.384 e. The first-order valence-corrected chi connectivity index (χ1v) is 13.5. The highest BCUT2D eigenvalue weighted by molar-refractivity contribution is 7.90. The van der Waals surface area contributed by atoms with E-state index in [-0.39, 0.29) is 17.3 Å². The third-order valence-corrected chi connectivity index (χ3v) is 7.43. The van der Waals surface area contributed by atoms with Gasteiger partial charge in [0.1, 0.15) is 15.7 Å². The monoisotopic (exact) mass is 516 g/mol. The molecule has 0 bridgehead atoms. The second-order valence-corrected chi connectivity index (χ2v) is 11.0. The minimum atomic E-state index is -3.72. The molecule has 1 aromatic carbocycles. The van der Waals surface area contributed by atoms with Gasteiger partial charge in [0.2, 0.25) is 0 Å². The van der Waals surface area contributed by atoms with E-state index >= 15 is 0 Å². The van der Waals surface area contributed by atoms with Crippen LogP contribution < -0.4 is 10.6 Å². The fourth-order valence-corrected chi connectivity index (χ4v) is 5.39. The normalized spacial score (nSPS) is 11.5. The second-order valence-electron chi connectivity index (χ2n) is 8.03. The van der Waals surface area contributed by atoms with E-state index in [1.54, 1.807) is 36.7 Å². The van der Waals surface area contributed by atoms with Crippen molar-refractivity contribution in [2.75, 3.05) is 16.9 Å². The Hall–Kier alpha value is -4.22. The smallest absolute Gasteiger partial charge is 0.270 e. The number of amides is 1. The molecular formula is C25H20N6O3S2. The number of fused-ring (bicyclic) bond motifs is 1. The van der Waals surface area contributed by atoms with Crippen LogP contribution >= 0.6 is 11.3 Å². The summed E-state index contributed by atoms with van der Waals surface area (Å²) in [7, 11) is -3.72. The molecule has 0 spiro atoms. The van der Waals surface area contributed by atoms with Gasteiger partial charge >= 0.3 is 0 Å². The summed E-state index contributed by atoms with van der Waals surface area (Å²) in [5.41, 5.74) is 8.23. The van der Waals surface area contributed by atoms with Crippen LogP contribution in [0.15, 0.2) is 84.4 Å². The van der Waals surface area contributed by atoms with Crippen LogP contribution in [0.1, 0.15) is 15.2 Å². The van der Waals surface area contributed by atoms with Crippen molar-refractivity contribution in [3.63, 3.8) is 0 Å². The summed E-state index contributed by atoms with van der Waals surface area (Å²) in [5, 5.41) is 1.34. The lowest BCUT2D eigenvalue weighted by atomic mass is 10.1. The van der Waals surface area contributed by atoms with Gasteiger partial charge in [-0.1, -0.05) is 12.1 Å². The molecule has 0 radical (unpaired) electrons. The molecule has 4 aromatic heterocycles. The van der Waals surface area contributed by atoms with Crippen LogP contribution in [0, 0.1) is 0 Å². The van der Waals surface area contributed by atoms with Crippen molar-refractivity contribution in [2.24, 2.45) is 0 Å². The Morgan fingerprint density at radius 1 is 1.03 bits per heavy atom. The standard InChI is InChI=1S/C25H20N6O3S2/c1-36(33,34)24-20(5-3-11-28-24)31(15-16-6-7-17-8-9-22(26)30-19(17)12-16)25(32)21-14-29-23(35-21)18-4-2-10-27-13-18/h2-14H,15H2,1H3,(H2,26,30). The third-order valence-electron chi connectivity index (χ3n) is 5.38. The number of hydrogen-bond donors (Lipinski definition) is 1. The summed E-state index contributed by atoms with van der Waals surface area (Å²) in [4.78, 5) is 32.5. The van der Waals surface area contributed by atoms with Gasteiger partial charge in [-0.05, 0) is 48.0 Å². The van der Waals surface area contributed by atoms with E-state index in [0.29, 0.717) is 21.2 Å². The number of benzene rings is 1. The fraction of sp³-hybridized carbons (Fsp3) is 0.0800. The van der Waals surface area contributed by atoms with E-state index in [9.17, 15) is 13.2 Å². The molecule has 180 valence electrons. The lowest BCUT2D eigenvalue weighted by Gasteiger charge is -2.24. The van der Waals surface area contributed by atoms with Crippen molar-refractivity contribution < 1.29 is 13.2 Å². The van der Waals surface area contributed by atoms with Gasteiger partial charge in [0.05, 0.1) is 23.9 Å². The number of pyridine rings is 3. The maximum absolute atomic E-state index is 13.8. The average molecular weight is 517 g/mol. The molecule has 0 unspecified atom stereocenters. The first kappa shape index (κ1) is 23.5. The Balaban J connectivity index is 1.59. The molecule has 0 aliphatic rings. The topological polar surface area (TPSA) is 132 Å². The summed E-state index contributed by atoms with van der Waals surface area (Å²) in [6.07, 6.45) is 7.27. The Morgan fingerprint density at radius 3 is 2.61 bits per heavy atom. The van der Waals surface area contributed by atoms with Crippen LogP contribution in [0.2, 0.25) is 0 Å². The quantitative estimate of drug-likeness (QED) is 0.358. The molecule has 0 aliphatic heterocycles. The summed E-state index contributed by atoms with van der Waals surface area (Å²) in [6, 6.07) is 16.0. The molecule has 0 saturated heterocycles. The average Bonchev–Trinajstić information content (AvgIpc) is 3.37. The van der Waals surface area contributed by atoms with E-state index in [1.165, 1.54) is 28.6 Å². The number of nitrogen functional groups attached to an aromatic ring is 1. The van der Waals surface area contributed by atoms with Crippen LogP contribution in [0.5, 0.6) is 0 Å². The lowest BCUT2D eigenvalue weighted by molar-refractivity contribution is 0.0988. The molecule has 36 heavy (non-hydrogen) atoms. The van der Waals surface area contributed by atoms with E-state index in [0.717, 1.165) is 22.8 Å². The van der Waals surface area contributed by atoms with E-state index < -0.39 is 15.7 Å². The van der Waals surface area contributed by atoms with Gasteiger partial charge in [0.25, 0.3) is 5.91 Å². The number of sulfone groups is 1. The maximum atomic E-state index is 13.8. The summed E-state index contributed by atoms with van der Waals surface area (Å²) >= 11 is 1.20. The van der Waals surface area contributed by atoms with Crippen LogP contribution in [0.3, 0.4) is 0 Å². The van der Waals surface area contributed by atoms with Crippen molar-refractivity contribution in [2.45, 2.75) is 11.6 Å². The molecule has 11 heteroatoms. The highest BCUT2D eigenvalue weighted by atomic mass is 32.2. The largest absolute Gasteiger partial charge is 0.384 e. The maximum Gasteiger partial charge on any atom is 0.270 e. The van der Waals surface area contributed by atoms with Crippen LogP contribution in [0.25, 0.3) is 21.5 Å². The van der Waals surface area contributed by atoms with Crippen molar-refractivity contribution in [3.8, 4) is 10.6 Å². The highest BCUT2D eigenvalue weighted by Gasteiger charge is 2.27. The van der Waals surface area contributed by atoms with Gasteiger partial charge in [-0.2, -0.15) is 0 Å². The van der Waals surface area contributed by atoms with Crippen molar-refractivity contribution in [1.82, 2.24) is 19.9 Å². The summed E-state index contributed by atoms with van der Waals surface area (Å²) in [5.74, 6) is -0.0204. The molecule has 2 N–H and O–H groups in total. The molecule has 0 fully saturated rings. The molecule has 9 nitrogen and oxygen atoms in total.